The summed E-state index contributed by atoms with van der Waals surface area (Å²) in [5.74, 6) is 0. The van der Waals surface area contributed by atoms with Crippen LogP contribution < -0.4 is 11.1 Å². The maximum absolute atomic E-state index is 9.05. The van der Waals surface area contributed by atoms with E-state index in [4.69, 9.17) is 23.1 Å². The Hall–Kier alpha value is -1.13. The largest absolute Gasteiger partial charge is 0.394 e. The van der Waals surface area contributed by atoms with Crippen LogP contribution in [0.25, 0.3) is 0 Å². The van der Waals surface area contributed by atoms with E-state index in [1.807, 2.05) is 30.3 Å². The van der Waals surface area contributed by atoms with Crippen LogP contribution in [0, 0.1) is 0 Å². The monoisotopic (exact) mass is 196 g/mol. The third-order valence-electron chi connectivity index (χ3n) is 1.70. The molecule has 0 heterocycles. The number of thiocarbonyl (C=S) groups is 1. The molecule has 0 saturated carbocycles. The van der Waals surface area contributed by atoms with Gasteiger partial charge in [-0.3, -0.25) is 0 Å². The minimum atomic E-state index is -0.210. The summed E-state index contributed by atoms with van der Waals surface area (Å²) in [7, 11) is 0. The van der Waals surface area contributed by atoms with Gasteiger partial charge in [0.1, 0.15) is 0 Å². The molecule has 0 fully saturated rings. The zero-order valence-corrected chi connectivity index (χ0v) is 7.92. The molecule has 3 nitrogen and oxygen atoms in total. The molecule has 0 saturated heterocycles. The van der Waals surface area contributed by atoms with Crippen molar-refractivity contribution in [3.63, 3.8) is 0 Å². The van der Waals surface area contributed by atoms with Crippen molar-refractivity contribution in [3.05, 3.63) is 35.9 Å². The fraction of sp³-hybridized carbons (Fsp3) is 0.222. The molecule has 0 aliphatic carbocycles. The molecule has 4 heteroatoms. The average molecular weight is 196 g/mol. The average Bonchev–Trinajstić information content (AvgIpc) is 2.15. The first-order chi connectivity index (χ1) is 6.24. The zero-order valence-electron chi connectivity index (χ0n) is 7.10. The predicted octanol–water partition coefficient (Wildman–Crippen LogP) is 0.553. The van der Waals surface area contributed by atoms with Crippen LogP contribution in [0.1, 0.15) is 11.6 Å². The molecule has 13 heavy (non-hydrogen) atoms. The van der Waals surface area contributed by atoms with Gasteiger partial charge in [0.15, 0.2) is 5.11 Å². The highest BCUT2D eigenvalue weighted by molar-refractivity contribution is 7.80. The molecule has 0 unspecified atom stereocenters. The second-order valence-corrected chi connectivity index (χ2v) is 3.09. The van der Waals surface area contributed by atoms with E-state index >= 15 is 0 Å². The van der Waals surface area contributed by atoms with Crippen LogP contribution >= 0.6 is 12.2 Å². The first-order valence-corrected chi connectivity index (χ1v) is 4.36. The van der Waals surface area contributed by atoms with Crippen LogP contribution in [0.15, 0.2) is 30.3 Å². The van der Waals surface area contributed by atoms with E-state index in [0.717, 1.165) is 5.56 Å². The third-order valence-corrected chi connectivity index (χ3v) is 1.82. The van der Waals surface area contributed by atoms with Gasteiger partial charge in [-0.25, -0.2) is 0 Å². The number of aliphatic hydroxyl groups excluding tert-OH is 1. The van der Waals surface area contributed by atoms with Crippen molar-refractivity contribution in [2.24, 2.45) is 5.73 Å². The first-order valence-electron chi connectivity index (χ1n) is 3.96. The molecule has 0 spiro atoms. The number of benzene rings is 1. The van der Waals surface area contributed by atoms with Crippen molar-refractivity contribution in [3.8, 4) is 0 Å². The van der Waals surface area contributed by atoms with E-state index < -0.39 is 0 Å². The molecule has 70 valence electrons. The number of hydrogen-bond acceptors (Lipinski definition) is 2. The first kappa shape index (κ1) is 9.95. The van der Waals surface area contributed by atoms with E-state index in [9.17, 15) is 0 Å². The Balaban J connectivity index is 2.73. The molecule has 0 bridgehead atoms. The van der Waals surface area contributed by atoms with Crippen molar-refractivity contribution in [2.45, 2.75) is 6.04 Å². The molecule has 1 aromatic carbocycles. The van der Waals surface area contributed by atoms with Crippen LogP contribution in [0.3, 0.4) is 0 Å². The third kappa shape index (κ3) is 3.01. The van der Waals surface area contributed by atoms with Crippen molar-refractivity contribution in [1.82, 2.24) is 5.32 Å². The highest BCUT2D eigenvalue weighted by Gasteiger charge is 2.08. The van der Waals surface area contributed by atoms with Gasteiger partial charge >= 0.3 is 0 Å². The SMILES string of the molecule is NC(=S)N[C@@H](CO)c1ccccc1. The lowest BCUT2D eigenvalue weighted by Crippen LogP contribution is -2.34. The van der Waals surface area contributed by atoms with E-state index in [1.165, 1.54) is 0 Å². The number of nitrogens with two attached hydrogens (primary N) is 1. The normalized spacial score (nSPS) is 12.1. The lowest BCUT2D eigenvalue weighted by Gasteiger charge is -2.16. The van der Waals surface area contributed by atoms with Crippen molar-refractivity contribution < 1.29 is 5.11 Å². The minimum Gasteiger partial charge on any atom is -0.394 e. The second-order valence-electron chi connectivity index (χ2n) is 2.65. The Morgan fingerprint density at radius 2 is 2.08 bits per heavy atom. The summed E-state index contributed by atoms with van der Waals surface area (Å²) >= 11 is 4.69. The zero-order chi connectivity index (χ0) is 9.68. The summed E-state index contributed by atoms with van der Waals surface area (Å²) < 4.78 is 0. The maximum atomic E-state index is 9.05. The number of rotatable bonds is 3. The predicted molar refractivity (Wildman–Crippen MR) is 56.2 cm³/mol. The number of hydrogen-bond donors (Lipinski definition) is 3. The molecular weight excluding hydrogens is 184 g/mol. The number of nitrogens with one attached hydrogen (secondary N) is 1. The standard InChI is InChI=1S/C9H12N2OS/c10-9(13)11-8(6-12)7-4-2-1-3-5-7/h1-5,8,12H,6H2,(H3,10,11,13)/t8-/m0/s1. The molecule has 1 atom stereocenters. The van der Waals surface area contributed by atoms with Gasteiger partial charge in [0.05, 0.1) is 12.6 Å². The lowest BCUT2D eigenvalue weighted by atomic mass is 10.1. The fourth-order valence-corrected chi connectivity index (χ4v) is 1.23. The van der Waals surface area contributed by atoms with E-state index in [2.05, 4.69) is 5.32 Å². The summed E-state index contributed by atoms with van der Waals surface area (Å²) in [4.78, 5) is 0. The molecule has 4 N–H and O–H groups in total. The second kappa shape index (κ2) is 4.79. The Labute approximate surface area is 82.6 Å². The Kier molecular flexibility index (Phi) is 3.67. The van der Waals surface area contributed by atoms with Gasteiger partial charge < -0.3 is 16.2 Å². The smallest absolute Gasteiger partial charge is 0.164 e. The van der Waals surface area contributed by atoms with Gasteiger partial charge in [-0.1, -0.05) is 30.3 Å². The summed E-state index contributed by atoms with van der Waals surface area (Å²) in [6.07, 6.45) is 0. The molecule has 0 amide bonds. The molecule has 0 aromatic heterocycles. The minimum absolute atomic E-state index is 0.0264. The molecule has 0 radical (unpaired) electrons. The van der Waals surface area contributed by atoms with Crippen molar-refractivity contribution >= 4 is 17.3 Å². The molecular formula is C9H12N2OS. The quantitative estimate of drug-likeness (QED) is 0.618. The molecule has 0 aliphatic rings. The summed E-state index contributed by atoms with van der Waals surface area (Å²) in [6, 6.07) is 9.33. The van der Waals surface area contributed by atoms with Gasteiger partial charge in [-0.15, -0.1) is 0 Å². The molecule has 1 aromatic rings. The Morgan fingerprint density at radius 3 is 2.54 bits per heavy atom. The van der Waals surface area contributed by atoms with Gasteiger partial charge in [0, 0.05) is 0 Å². The molecule has 0 aliphatic heterocycles. The topological polar surface area (TPSA) is 58.3 Å². The van der Waals surface area contributed by atoms with E-state index in [0.29, 0.717) is 0 Å². The number of aliphatic hydroxyl groups is 1. The molecule has 1 rings (SSSR count). The summed E-state index contributed by atoms with van der Waals surface area (Å²) in [5.41, 5.74) is 6.29. The van der Waals surface area contributed by atoms with Crippen LogP contribution in [0.2, 0.25) is 0 Å². The fourth-order valence-electron chi connectivity index (χ4n) is 1.09. The Morgan fingerprint density at radius 1 is 1.46 bits per heavy atom. The Bertz CT molecular complexity index is 276. The van der Waals surface area contributed by atoms with Crippen LogP contribution in [0.5, 0.6) is 0 Å². The van der Waals surface area contributed by atoms with Gasteiger partial charge in [-0.2, -0.15) is 0 Å². The van der Waals surface area contributed by atoms with Crippen molar-refractivity contribution in [1.29, 1.82) is 0 Å². The summed E-state index contributed by atoms with van der Waals surface area (Å²) in [5, 5.41) is 12.1. The van der Waals surface area contributed by atoms with E-state index in [1.54, 1.807) is 0 Å². The van der Waals surface area contributed by atoms with Crippen molar-refractivity contribution in [2.75, 3.05) is 6.61 Å². The van der Waals surface area contributed by atoms with Gasteiger partial charge in [-0.05, 0) is 17.8 Å². The van der Waals surface area contributed by atoms with Crippen LogP contribution in [-0.2, 0) is 0 Å². The van der Waals surface area contributed by atoms with Gasteiger partial charge in [0.2, 0.25) is 0 Å². The maximum Gasteiger partial charge on any atom is 0.164 e. The van der Waals surface area contributed by atoms with E-state index in [-0.39, 0.29) is 17.8 Å². The van der Waals surface area contributed by atoms with Crippen LogP contribution in [0.4, 0.5) is 0 Å². The van der Waals surface area contributed by atoms with Crippen LogP contribution in [-0.4, -0.2) is 16.8 Å². The lowest BCUT2D eigenvalue weighted by molar-refractivity contribution is 0.258. The highest BCUT2D eigenvalue weighted by atomic mass is 32.1. The summed E-state index contributed by atoms with van der Waals surface area (Å²) in [6.45, 7) is -0.0264. The highest BCUT2D eigenvalue weighted by Crippen LogP contribution is 2.10. The van der Waals surface area contributed by atoms with Gasteiger partial charge in [0.25, 0.3) is 0 Å².